The molecule has 4 nitrogen and oxygen atoms in total. The SMILES string of the molecule is C=C1C(=CC=C2CCC[C@@]3(C)C2CC[C@@H]3C(CC#CC(O)(C(F)(F)F)C(F)(F)F)CCCC(C)(C)O)CC(O)C[C@@H]1O. The predicted octanol–water partition coefficient (Wildman–Crippen LogP) is 6.93. The van der Waals surface area contributed by atoms with Gasteiger partial charge in [-0.25, -0.2) is 0 Å². The first-order valence-corrected chi connectivity index (χ1v) is 14.7. The molecule has 0 aromatic rings. The van der Waals surface area contributed by atoms with Gasteiger partial charge in [0, 0.05) is 12.8 Å². The minimum absolute atomic E-state index is 0.0203. The third kappa shape index (κ3) is 7.64. The van der Waals surface area contributed by atoms with Gasteiger partial charge in [0.1, 0.15) is 0 Å². The van der Waals surface area contributed by atoms with E-state index in [1.807, 2.05) is 12.2 Å². The summed E-state index contributed by atoms with van der Waals surface area (Å²) in [7, 11) is 0. The normalized spacial score (nSPS) is 32.1. The average Bonchev–Trinajstić information content (AvgIpc) is 3.19. The molecule has 0 amide bonds. The Morgan fingerprint density at radius 2 is 1.69 bits per heavy atom. The Labute approximate surface area is 244 Å². The van der Waals surface area contributed by atoms with E-state index in [0.717, 1.165) is 43.6 Å². The molecule has 3 aliphatic rings. The summed E-state index contributed by atoms with van der Waals surface area (Å²) in [6.45, 7) is 9.40. The van der Waals surface area contributed by atoms with Crippen LogP contribution in [0.2, 0.25) is 0 Å². The van der Waals surface area contributed by atoms with Gasteiger partial charge >= 0.3 is 18.0 Å². The fourth-order valence-corrected chi connectivity index (χ4v) is 7.37. The summed E-state index contributed by atoms with van der Waals surface area (Å²) in [5.74, 6) is 3.04. The molecule has 42 heavy (non-hydrogen) atoms. The van der Waals surface area contributed by atoms with Gasteiger partial charge in [-0.05, 0) is 105 Å². The Bertz CT molecular complexity index is 1090. The zero-order chi connectivity index (χ0) is 31.7. The average molecular weight is 607 g/mol. The largest absolute Gasteiger partial charge is 0.438 e. The van der Waals surface area contributed by atoms with Crippen LogP contribution in [0.1, 0.15) is 91.4 Å². The van der Waals surface area contributed by atoms with Crippen LogP contribution in [0.15, 0.2) is 35.5 Å². The van der Waals surface area contributed by atoms with Gasteiger partial charge in [-0.2, -0.15) is 26.3 Å². The van der Waals surface area contributed by atoms with E-state index in [1.165, 1.54) is 5.57 Å². The molecule has 3 aliphatic carbocycles. The number of rotatable bonds is 7. The molecule has 0 aromatic heterocycles. The Kier molecular flexibility index (Phi) is 10.5. The van der Waals surface area contributed by atoms with Crippen LogP contribution in [0.25, 0.3) is 0 Å². The molecule has 3 unspecified atom stereocenters. The number of hydrogen-bond donors (Lipinski definition) is 4. The second-order valence-corrected chi connectivity index (χ2v) is 13.3. The first-order chi connectivity index (χ1) is 19.2. The van der Waals surface area contributed by atoms with Crippen LogP contribution in [0.5, 0.6) is 0 Å². The quantitative estimate of drug-likeness (QED) is 0.187. The number of fused-ring (bicyclic) bond motifs is 1. The third-order valence-electron chi connectivity index (χ3n) is 9.69. The van der Waals surface area contributed by atoms with E-state index in [4.69, 9.17) is 0 Å². The summed E-state index contributed by atoms with van der Waals surface area (Å²) in [5.41, 5.74) is -3.75. The monoisotopic (exact) mass is 606 g/mol. The lowest BCUT2D eigenvalue weighted by Crippen LogP contribution is -2.55. The Hall–Kier alpha value is -1.80. The fraction of sp³-hybridized carbons (Fsp3) is 0.750. The summed E-state index contributed by atoms with van der Waals surface area (Å²) in [5, 5.41) is 40.0. The third-order valence-corrected chi connectivity index (χ3v) is 9.69. The molecule has 238 valence electrons. The first kappa shape index (κ1) is 34.7. The molecule has 0 bridgehead atoms. The van der Waals surface area contributed by atoms with Gasteiger partial charge in [-0.15, -0.1) is 0 Å². The van der Waals surface area contributed by atoms with Gasteiger partial charge in [-0.1, -0.05) is 43.6 Å². The number of hydrogen-bond acceptors (Lipinski definition) is 4. The molecular weight excluding hydrogens is 562 g/mol. The maximum absolute atomic E-state index is 13.2. The number of aliphatic hydroxyl groups excluding tert-OH is 2. The molecule has 6 atom stereocenters. The van der Waals surface area contributed by atoms with Crippen molar-refractivity contribution in [3.63, 3.8) is 0 Å². The van der Waals surface area contributed by atoms with Crippen molar-refractivity contribution in [1.29, 1.82) is 0 Å². The molecule has 0 spiro atoms. The summed E-state index contributed by atoms with van der Waals surface area (Å²) in [6.07, 6.45) is -3.56. The van der Waals surface area contributed by atoms with E-state index in [-0.39, 0.29) is 36.0 Å². The fourth-order valence-electron chi connectivity index (χ4n) is 7.37. The van der Waals surface area contributed by atoms with Crippen LogP contribution in [0.3, 0.4) is 0 Å². The summed E-state index contributed by atoms with van der Waals surface area (Å²) >= 11 is 0. The van der Waals surface area contributed by atoms with Gasteiger partial charge in [0.05, 0.1) is 17.8 Å². The van der Waals surface area contributed by atoms with Crippen molar-refractivity contribution in [3.8, 4) is 11.8 Å². The minimum Gasteiger partial charge on any atom is -0.393 e. The lowest BCUT2D eigenvalue weighted by Gasteiger charge is -2.45. The molecule has 0 radical (unpaired) electrons. The lowest BCUT2D eigenvalue weighted by molar-refractivity contribution is -0.343. The van der Waals surface area contributed by atoms with E-state index < -0.39 is 35.8 Å². The van der Waals surface area contributed by atoms with Gasteiger partial charge in [0.2, 0.25) is 0 Å². The topological polar surface area (TPSA) is 80.9 Å². The molecule has 0 aromatic carbocycles. The lowest BCUT2D eigenvalue weighted by atomic mass is 9.60. The first-order valence-electron chi connectivity index (χ1n) is 14.7. The van der Waals surface area contributed by atoms with Gasteiger partial charge < -0.3 is 20.4 Å². The van der Waals surface area contributed by atoms with Crippen molar-refractivity contribution in [1.82, 2.24) is 0 Å². The highest BCUT2D eigenvalue weighted by Crippen LogP contribution is 2.60. The second kappa shape index (κ2) is 12.7. The molecule has 3 rings (SSSR count). The van der Waals surface area contributed by atoms with Crippen molar-refractivity contribution >= 4 is 0 Å². The van der Waals surface area contributed by atoms with Gasteiger partial charge in [0.15, 0.2) is 0 Å². The van der Waals surface area contributed by atoms with Crippen molar-refractivity contribution in [2.75, 3.05) is 0 Å². The maximum atomic E-state index is 13.2. The van der Waals surface area contributed by atoms with E-state index in [1.54, 1.807) is 13.8 Å². The van der Waals surface area contributed by atoms with Gasteiger partial charge in [-0.3, -0.25) is 0 Å². The molecule has 0 heterocycles. The van der Waals surface area contributed by atoms with E-state index in [0.29, 0.717) is 31.3 Å². The standard InChI is InChI=1S/C32H44F6O4/c1-20-23(18-24(39)19-27(20)40)12-11-22-9-6-16-29(4)25(13-14-26(22)29)21(8-5-15-28(2,3)41)10-7-17-30(42,31(33,34)35)32(36,37)38/h11-12,21,24-27,39-42H,1,5-6,8-10,13-16,18-19H2,2-4H3/t21?,24?,25-,26?,27+,29-/m1/s1. The van der Waals surface area contributed by atoms with Crippen molar-refractivity contribution < 1.29 is 46.8 Å². The molecule has 3 fully saturated rings. The number of alkyl halides is 6. The van der Waals surface area contributed by atoms with Crippen LogP contribution in [0.4, 0.5) is 26.3 Å². The van der Waals surface area contributed by atoms with E-state index in [2.05, 4.69) is 19.4 Å². The highest BCUT2D eigenvalue weighted by Gasteiger charge is 2.70. The van der Waals surface area contributed by atoms with Crippen molar-refractivity contribution in [3.05, 3.63) is 35.5 Å². The zero-order valence-electron chi connectivity index (χ0n) is 24.6. The summed E-state index contributed by atoms with van der Waals surface area (Å²) < 4.78 is 79.3. The molecule has 10 heteroatoms. The highest BCUT2D eigenvalue weighted by molar-refractivity contribution is 5.38. The summed E-state index contributed by atoms with van der Waals surface area (Å²) in [6, 6.07) is 0. The van der Waals surface area contributed by atoms with E-state index in [9.17, 15) is 46.8 Å². The zero-order valence-corrected chi connectivity index (χ0v) is 24.6. The van der Waals surface area contributed by atoms with Gasteiger partial charge in [0.25, 0.3) is 0 Å². The smallest absolute Gasteiger partial charge is 0.393 e. The number of halogens is 6. The predicted molar refractivity (Wildman–Crippen MR) is 148 cm³/mol. The Morgan fingerprint density at radius 1 is 1.05 bits per heavy atom. The molecule has 0 saturated heterocycles. The van der Waals surface area contributed by atoms with Crippen LogP contribution in [-0.2, 0) is 0 Å². The van der Waals surface area contributed by atoms with E-state index >= 15 is 0 Å². The van der Waals surface area contributed by atoms with Crippen molar-refractivity contribution in [2.24, 2.45) is 23.2 Å². The van der Waals surface area contributed by atoms with Crippen LogP contribution >= 0.6 is 0 Å². The Morgan fingerprint density at radius 3 is 2.29 bits per heavy atom. The highest BCUT2D eigenvalue weighted by atomic mass is 19.4. The minimum atomic E-state index is -5.99. The van der Waals surface area contributed by atoms with Crippen LogP contribution < -0.4 is 0 Å². The summed E-state index contributed by atoms with van der Waals surface area (Å²) in [4.78, 5) is 0. The van der Waals surface area contributed by atoms with Crippen molar-refractivity contribution in [2.45, 2.75) is 127 Å². The second-order valence-electron chi connectivity index (χ2n) is 13.3. The molecule has 4 N–H and O–H groups in total. The number of aliphatic hydroxyl groups is 4. The van der Waals surface area contributed by atoms with Crippen LogP contribution in [0, 0.1) is 35.0 Å². The van der Waals surface area contributed by atoms with Crippen LogP contribution in [-0.4, -0.2) is 56.2 Å². The molecular formula is C32H44F6O4. The molecule has 3 saturated carbocycles. The number of allylic oxidation sites excluding steroid dienone is 3. The Balaban J connectivity index is 1.89. The molecule has 0 aliphatic heterocycles. The maximum Gasteiger partial charge on any atom is 0.438 e.